The summed E-state index contributed by atoms with van der Waals surface area (Å²) in [5, 5.41) is 9.97. The number of allylic oxidation sites excluding steroid dienone is 1. The predicted octanol–water partition coefficient (Wildman–Crippen LogP) is 4.73. The van der Waals surface area contributed by atoms with E-state index in [1.807, 2.05) is 68.4 Å². The molecule has 0 radical (unpaired) electrons. The summed E-state index contributed by atoms with van der Waals surface area (Å²) in [6, 6.07) is 21.4. The molecular formula is C33H32N2O6S. The van der Waals surface area contributed by atoms with Crippen molar-refractivity contribution in [3.8, 4) is 17.2 Å². The lowest BCUT2D eigenvalue weighted by Gasteiger charge is -2.25. The van der Waals surface area contributed by atoms with Crippen LogP contribution in [0.1, 0.15) is 43.5 Å². The molecule has 9 heteroatoms. The van der Waals surface area contributed by atoms with Crippen LogP contribution in [-0.2, 0) is 16.1 Å². The van der Waals surface area contributed by atoms with Crippen molar-refractivity contribution in [1.82, 2.24) is 4.57 Å². The Bertz CT molecular complexity index is 1800. The van der Waals surface area contributed by atoms with Crippen molar-refractivity contribution in [2.45, 2.75) is 33.4 Å². The zero-order valence-electron chi connectivity index (χ0n) is 23.9. The van der Waals surface area contributed by atoms with E-state index in [9.17, 15) is 14.7 Å². The summed E-state index contributed by atoms with van der Waals surface area (Å²) in [6.07, 6.45) is 1.72. The number of nitrogens with zero attached hydrogens (tertiary/aromatic N) is 2. The van der Waals surface area contributed by atoms with Gasteiger partial charge in [0.2, 0.25) is 0 Å². The van der Waals surface area contributed by atoms with Gasteiger partial charge >= 0.3 is 5.97 Å². The third-order valence-corrected chi connectivity index (χ3v) is 7.72. The Kier molecular flexibility index (Phi) is 8.59. The Labute approximate surface area is 247 Å². The quantitative estimate of drug-likeness (QED) is 0.286. The van der Waals surface area contributed by atoms with Crippen molar-refractivity contribution < 1.29 is 24.1 Å². The fourth-order valence-electron chi connectivity index (χ4n) is 4.64. The van der Waals surface area contributed by atoms with Crippen LogP contribution in [0.4, 0.5) is 0 Å². The number of carbonyl (C=O) groups is 1. The number of methoxy groups -OCH3 is 1. The number of phenols is 1. The molecule has 1 N–H and O–H groups in total. The summed E-state index contributed by atoms with van der Waals surface area (Å²) in [7, 11) is 1.47. The normalized spacial score (nSPS) is 14.9. The molecule has 42 heavy (non-hydrogen) atoms. The van der Waals surface area contributed by atoms with Gasteiger partial charge in [-0.2, -0.15) is 0 Å². The lowest BCUT2D eigenvalue weighted by atomic mass is 9.96. The molecule has 8 nitrogen and oxygen atoms in total. The first kappa shape index (κ1) is 28.9. The van der Waals surface area contributed by atoms with Crippen LogP contribution in [0.25, 0.3) is 6.08 Å². The summed E-state index contributed by atoms with van der Waals surface area (Å²) < 4.78 is 18.8. The van der Waals surface area contributed by atoms with Crippen LogP contribution < -0.4 is 24.4 Å². The summed E-state index contributed by atoms with van der Waals surface area (Å²) in [4.78, 5) is 32.4. The molecule has 1 atom stereocenters. The van der Waals surface area contributed by atoms with Crippen LogP contribution in [0, 0.1) is 5.92 Å². The van der Waals surface area contributed by atoms with Crippen molar-refractivity contribution >= 4 is 23.4 Å². The monoisotopic (exact) mass is 584 g/mol. The molecule has 0 saturated heterocycles. The van der Waals surface area contributed by atoms with Crippen molar-refractivity contribution in [2.24, 2.45) is 10.9 Å². The molecule has 5 rings (SSSR count). The van der Waals surface area contributed by atoms with E-state index < -0.39 is 12.0 Å². The second-order valence-electron chi connectivity index (χ2n) is 10.3. The summed E-state index contributed by atoms with van der Waals surface area (Å²) in [5.74, 6) is 0.623. The van der Waals surface area contributed by atoms with E-state index in [2.05, 4.69) is 4.99 Å². The second kappa shape index (κ2) is 12.5. The Balaban J connectivity index is 1.56. The first-order valence-corrected chi connectivity index (χ1v) is 14.4. The molecule has 0 saturated carbocycles. The van der Waals surface area contributed by atoms with Gasteiger partial charge in [0.1, 0.15) is 12.4 Å². The minimum atomic E-state index is -0.736. The van der Waals surface area contributed by atoms with Crippen LogP contribution in [-0.4, -0.2) is 29.4 Å². The number of ether oxygens (including phenoxy) is 3. The van der Waals surface area contributed by atoms with Gasteiger partial charge in [0.25, 0.3) is 5.56 Å². The van der Waals surface area contributed by atoms with E-state index in [0.717, 1.165) is 11.1 Å². The maximum atomic E-state index is 13.9. The first-order chi connectivity index (χ1) is 20.2. The molecular weight excluding hydrogens is 552 g/mol. The van der Waals surface area contributed by atoms with Crippen molar-refractivity contribution in [3.05, 3.63) is 120 Å². The molecule has 4 aromatic rings. The fraction of sp³-hybridized carbons (Fsp3) is 0.242. The summed E-state index contributed by atoms with van der Waals surface area (Å²) in [5.41, 5.74) is 2.98. The van der Waals surface area contributed by atoms with Crippen LogP contribution in [0.15, 0.2) is 93.9 Å². The molecule has 3 aromatic carbocycles. The molecule has 1 aliphatic rings. The number of thiazole rings is 1. The van der Waals surface area contributed by atoms with E-state index >= 15 is 0 Å². The Morgan fingerprint density at radius 1 is 1.10 bits per heavy atom. The van der Waals surface area contributed by atoms with Gasteiger partial charge in [-0.3, -0.25) is 9.36 Å². The van der Waals surface area contributed by atoms with Crippen molar-refractivity contribution in [3.63, 3.8) is 0 Å². The Morgan fingerprint density at radius 2 is 1.83 bits per heavy atom. The molecule has 0 amide bonds. The number of esters is 1. The molecule has 0 fully saturated rings. The Hall–Kier alpha value is -4.63. The van der Waals surface area contributed by atoms with Gasteiger partial charge in [0.15, 0.2) is 16.3 Å². The molecule has 0 spiro atoms. The predicted molar refractivity (Wildman–Crippen MR) is 161 cm³/mol. The largest absolute Gasteiger partial charge is 0.504 e. The number of aromatic nitrogens is 1. The van der Waals surface area contributed by atoms with E-state index in [1.54, 1.807) is 29.7 Å². The average molecular weight is 585 g/mol. The van der Waals surface area contributed by atoms with E-state index in [-0.39, 0.29) is 23.8 Å². The second-order valence-corrected chi connectivity index (χ2v) is 11.4. The molecule has 1 aliphatic heterocycles. The SMILES string of the molecule is COc1cc(/C=c2\sc3n(c2=O)C(c2ccc(OCc4ccccc4)cc2)C(C(=O)OCC(C)C)=C(C)N=3)ccc1O. The van der Waals surface area contributed by atoms with Gasteiger partial charge in [-0.25, -0.2) is 9.79 Å². The van der Waals surface area contributed by atoms with E-state index in [1.165, 1.54) is 24.5 Å². The third-order valence-electron chi connectivity index (χ3n) is 6.74. The minimum absolute atomic E-state index is 0.00693. The highest BCUT2D eigenvalue weighted by molar-refractivity contribution is 7.07. The first-order valence-electron chi connectivity index (χ1n) is 13.6. The molecule has 216 valence electrons. The van der Waals surface area contributed by atoms with Gasteiger partial charge in [-0.1, -0.05) is 73.7 Å². The number of fused-ring (bicyclic) bond motifs is 1. The maximum absolute atomic E-state index is 13.9. The lowest BCUT2D eigenvalue weighted by molar-refractivity contribution is -0.140. The zero-order chi connectivity index (χ0) is 29.8. The molecule has 0 bridgehead atoms. The van der Waals surface area contributed by atoms with Gasteiger partial charge < -0.3 is 19.3 Å². The average Bonchev–Trinajstić information content (AvgIpc) is 3.29. The van der Waals surface area contributed by atoms with Gasteiger partial charge in [0.05, 0.1) is 35.6 Å². The van der Waals surface area contributed by atoms with Gasteiger partial charge in [0, 0.05) is 0 Å². The van der Waals surface area contributed by atoms with Crippen LogP contribution in [0.5, 0.6) is 17.2 Å². The van der Waals surface area contributed by atoms with Gasteiger partial charge in [-0.05, 0) is 59.9 Å². The Morgan fingerprint density at radius 3 is 2.52 bits per heavy atom. The van der Waals surface area contributed by atoms with Crippen LogP contribution in [0.3, 0.4) is 0 Å². The summed E-state index contributed by atoms with van der Waals surface area (Å²) in [6.45, 7) is 6.37. The van der Waals surface area contributed by atoms with Crippen LogP contribution >= 0.6 is 11.3 Å². The summed E-state index contributed by atoms with van der Waals surface area (Å²) >= 11 is 1.23. The lowest BCUT2D eigenvalue weighted by Crippen LogP contribution is -2.40. The number of aromatic hydroxyl groups is 1. The number of hydrogen-bond acceptors (Lipinski definition) is 8. The standard InChI is InChI=1S/C33H32N2O6S/c1-20(2)18-41-32(38)29-21(3)34-33-35(31(37)28(42-33)17-23-10-15-26(36)27(16-23)39-4)30(29)24-11-13-25(14-12-24)40-19-22-8-6-5-7-9-22/h5-17,20,30,36H,18-19H2,1-4H3/b28-17-. The highest BCUT2D eigenvalue weighted by Crippen LogP contribution is 2.32. The topological polar surface area (TPSA) is 99.4 Å². The highest BCUT2D eigenvalue weighted by atomic mass is 32.1. The van der Waals surface area contributed by atoms with Crippen LogP contribution in [0.2, 0.25) is 0 Å². The number of rotatable bonds is 9. The highest BCUT2D eigenvalue weighted by Gasteiger charge is 2.33. The van der Waals surface area contributed by atoms with Gasteiger partial charge in [-0.15, -0.1) is 0 Å². The van der Waals surface area contributed by atoms with E-state index in [4.69, 9.17) is 14.2 Å². The number of hydrogen-bond donors (Lipinski definition) is 1. The molecule has 1 unspecified atom stereocenters. The van der Waals surface area contributed by atoms with Crippen molar-refractivity contribution in [2.75, 3.05) is 13.7 Å². The zero-order valence-corrected chi connectivity index (χ0v) is 24.7. The number of phenolic OH excluding ortho intramolecular Hbond substituents is 1. The third kappa shape index (κ3) is 6.16. The van der Waals surface area contributed by atoms with Crippen molar-refractivity contribution in [1.29, 1.82) is 0 Å². The fourth-order valence-corrected chi connectivity index (χ4v) is 5.69. The maximum Gasteiger partial charge on any atom is 0.338 e. The number of benzene rings is 3. The molecule has 2 heterocycles. The minimum Gasteiger partial charge on any atom is -0.504 e. The molecule has 0 aliphatic carbocycles. The number of carbonyl (C=O) groups excluding carboxylic acids is 1. The van der Waals surface area contributed by atoms with E-state index in [0.29, 0.717) is 44.3 Å². The smallest absolute Gasteiger partial charge is 0.338 e. The molecule has 1 aromatic heterocycles.